The number of nitrogens with zero attached hydrogens (tertiary/aromatic N) is 3. The Bertz CT molecular complexity index is 552. The summed E-state index contributed by atoms with van der Waals surface area (Å²) in [4.78, 5) is 14.5. The van der Waals surface area contributed by atoms with E-state index in [2.05, 4.69) is 4.40 Å². The number of likely N-dealkylation sites (N-methyl/N-ethyl adjacent to an activating group) is 1. The first-order valence-corrected chi connectivity index (χ1v) is 6.81. The van der Waals surface area contributed by atoms with Crippen LogP contribution in [0.15, 0.2) is 28.7 Å². The number of amides is 2. The van der Waals surface area contributed by atoms with Crippen LogP contribution < -0.4 is 4.90 Å². The standard InChI is InChI=1S/C10H7ClFN3OS2/c1-14-8(13-18-11)9(17)15(10(14)16)7-5-3-2-4-6(7)12/h2-5H,1H3. The summed E-state index contributed by atoms with van der Waals surface area (Å²) >= 11 is 5.79. The van der Waals surface area contributed by atoms with Crippen LogP contribution in [0.2, 0.25) is 0 Å². The highest BCUT2D eigenvalue weighted by Crippen LogP contribution is 2.26. The molecular weight excluding hydrogens is 297 g/mol. The number of anilines is 1. The minimum Gasteiger partial charge on any atom is -0.278 e. The highest BCUT2D eigenvalue weighted by Gasteiger charge is 2.39. The molecular formula is C10H7ClFN3OS2. The molecule has 0 aromatic heterocycles. The van der Waals surface area contributed by atoms with Crippen LogP contribution in [0.3, 0.4) is 0 Å². The first kappa shape index (κ1) is 13.3. The molecule has 1 fully saturated rings. The number of hydrogen-bond acceptors (Lipinski definition) is 4. The second-order valence-electron chi connectivity index (χ2n) is 3.42. The van der Waals surface area contributed by atoms with E-state index in [0.717, 1.165) is 4.90 Å². The lowest BCUT2D eigenvalue weighted by Crippen LogP contribution is -2.31. The van der Waals surface area contributed by atoms with Gasteiger partial charge < -0.3 is 0 Å². The molecule has 1 saturated heterocycles. The fourth-order valence-corrected chi connectivity index (χ4v) is 2.44. The highest BCUT2D eigenvalue weighted by atomic mass is 35.7. The second-order valence-corrected chi connectivity index (χ2v) is 4.54. The Labute approximate surface area is 117 Å². The quantitative estimate of drug-likeness (QED) is 0.621. The summed E-state index contributed by atoms with van der Waals surface area (Å²) in [5.74, 6) is -0.292. The van der Waals surface area contributed by atoms with Crippen molar-refractivity contribution in [1.82, 2.24) is 4.90 Å². The molecule has 0 atom stereocenters. The van der Waals surface area contributed by atoms with E-state index >= 15 is 0 Å². The van der Waals surface area contributed by atoms with Crippen LogP contribution in [0.1, 0.15) is 0 Å². The monoisotopic (exact) mass is 303 g/mol. The van der Waals surface area contributed by atoms with E-state index in [1.807, 2.05) is 0 Å². The van der Waals surface area contributed by atoms with E-state index in [4.69, 9.17) is 22.9 Å². The van der Waals surface area contributed by atoms with Crippen LogP contribution in [-0.4, -0.2) is 28.8 Å². The minimum absolute atomic E-state index is 0.101. The maximum atomic E-state index is 13.7. The molecule has 0 N–H and O–H groups in total. The molecule has 1 heterocycles. The van der Waals surface area contributed by atoms with E-state index < -0.39 is 11.8 Å². The van der Waals surface area contributed by atoms with Gasteiger partial charge in [0.2, 0.25) is 0 Å². The van der Waals surface area contributed by atoms with Crippen LogP contribution in [0.4, 0.5) is 14.9 Å². The van der Waals surface area contributed by atoms with Crippen molar-refractivity contribution in [3.63, 3.8) is 0 Å². The molecule has 0 bridgehead atoms. The number of carbonyl (C=O) groups excluding carboxylic acids is 1. The van der Waals surface area contributed by atoms with Crippen molar-refractivity contribution in [2.45, 2.75) is 0 Å². The number of hydrogen-bond donors (Lipinski definition) is 0. The Kier molecular flexibility index (Phi) is 3.84. The SMILES string of the molecule is CN1C(=O)N(c2ccccc2F)C(=S)C1=NSCl. The average molecular weight is 304 g/mol. The molecule has 1 aromatic rings. The van der Waals surface area contributed by atoms with E-state index in [0.29, 0.717) is 11.2 Å². The Morgan fingerprint density at radius 3 is 2.72 bits per heavy atom. The van der Waals surface area contributed by atoms with Crippen molar-refractivity contribution in [3.8, 4) is 0 Å². The molecule has 0 aliphatic carbocycles. The van der Waals surface area contributed by atoms with Crippen LogP contribution in [0.25, 0.3) is 0 Å². The molecule has 2 rings (SSSR count). The summed E-state index contributed by atoms with van der Waals surface area (Å²) in [5.41, 5.74) is 0.101. The number of benzene rings is 1. The van der Waals surface area contributed by atoms with Gasteiger partial charge in [-0.3, -0.25) is 4.90 Å². The summed E-state index contributed by atoms with van der Waals surface area (Å²) < 4.78 is 17.5. The Morgan fingerprint density at radius 1 is 1.44 bits per heavy atom. The van der Waals surface area contributed by atoms with Crippen molar-refractivity contribution in [2.24, 2.45) is 4.40 Å². The molecule has 1 aliphatic rings. The lowest BCUT2D eigenvalue weighted by atomic mass is 10.3. The number of urea groups is 1. The molecule has 1 aliphatic heterocycles. The van der Waals surface area contributed by atoms with Crippen LogP contribution in [-0.2, 0) is 0 Å². The number of para-hydroxylation sites is 1. The summed E-state index contributed by atoms with van der Waals surface area (Å²) in [6.45, 7) is 0. The number of thiocarbonyl (C=S) groups is 1. The molecule has 18 heavy (non-hydrogen) atoms. The molecule has 2 amide bonds. The molecule has 0 spiro atoms. The van der Waals surface area contributed by atoms with Gasteiger partial charge in [0.15, 0.2) is 10.8 Å². The summed E-state index contributed by atoms with van der Waals surface area (Å²) in [6.07, 6.45) is 0. The normalized spacial score (nSPS) is 18.1. The third kappa shape index (κ3) is 2.09. The smallest absolute Gasteiger partial charge is 0.278 e. The second kappa shape index (κ2) is 5.21. The number of halogens is 2. The van der Waals surface area contributed by atoms with Gasteiger partial charge in [-0.25, -0.2) is 14.1 Å². The van der Waals surface area contributed by atoms with Crippen LogP contribution >= 0.6 is 34.1 Å². The predicted octanol–water partition coefficient (Wildman–Crippen LogP) is 3.23. The Balaban J connectivity index is 2.48. The molecule has 0 radical (unpaired) electrons. The first-order valence-electron chi connectivity index (χ1n) is 4.80. The maximum Gasteiger partial charge on any atom is 0.335 e. The van der Waals surface area contributed by atoms with Crippen LogP contribution in [0, 0.1) is 5.82 Å². The lowest BCUT2D eigenvalue weighted by Gasteiger charge is -2.15. The zero-order valence-electron chi connectivity index (χ0n) is 9.13. The van der Waals surface area contributed by atoms with Gasteiger partial charge in [-0.15, -0.1) is 0 Å². The van der Waals surface area contributed by atoms with Gasteiger partial charge in [-0.2, -0.15) is 4.40 Å². The minimum atomic E-state index is -0.527. The number of carbonyl (C=O) groups is 1. The van der Waals surface area contributed by atoms with Crippen molar-refractivity contribution < 1.29 is 9.18 Å². The Hall–Kier alpha value is -1.18. The largest absolute Gasteiger partial charge is 0.335 e. The van der Waals surface area contributed by atoms with Crippen molar-refractivity contribution in [3.05, 3.63) is 30.1 Å². The topological polar surface area (TPSA) is 35.9 Å². The molecule has 0 unspecified atom stereocenters. The third-order valence-electron chi connectivity index (χ3n) is 2.40. The molecule has 4 nitrogen and oxygen atoms in total. The van der Waals surface area contributed by atoms with Gasteiger partial charge >= 0.3 is 6.03 Å². The fraction of sp³-hybridized carbons (Fsp3) is 0.100. The Morgan fingerprint density at radius 2 is 2.11 bits per heavy atom. The van der Waals surface area contributed by atoms with Gasteiger partial charge in [-0.05, 0) is 22.8 Å². The van der Waals surface area contributed by atoms with E-state index in [1.54, 1.807) is 6.07 Å². The molecule has 8 heteroatoms. The fourth-order valence-electron chi connectivity index (χ4n) is 1.55. The molecule has 0 saturated carbocycles. The predicted molar refractivity (Wildman–Crippen MR) is 75.5 cm³/mol. The van der Waals surface area contributed by atoms with E-state index in [1.165, 1.54) is 30.1 Å². The number of rotatable bonds is 2. The van der Waals surface area contributed by atoms with Crippen molar-refractivity contribution >= 4 is 56.6 Å². The lowest BCUT2D eigenvalue weighted by molar-refractivity contribution is 0.238. The van der Waals surface area contributed by atoms with Gasteiger partial charge in [-0.1, -0.05) is 24.4 Å². The summed E-state index contributed by atoms with van der Waals surface area (Å²) in [5, 5.41) is 0. The van der Waals surface area contributed by atoms with Gasteiger partial charge in [0.1, 0.15) is 5.82 Å². The zero-order chi connectivity index (χ0) is 13.3. The van der Waals surface area contributed by atoms with E-state index in [9.17, 15) is 9.18 Å². The highest BCUT2D eigenvalue weighted by molar-refractivity contribution is 8.20. The van der Waals surface area contributed by atoms with Gasteiger partial charge in [0.25, 0.3) is 0 Å². The van der Waals surface area contributed by atoms with Crippen LogP contribution in [0.5, 0.6) is 0 Å². The average Bonchev–Trinajstić information content (AvgIpc) is 2.55. The number of amidine groups is 1. The molecule has 1 aromatic carbocycles. The van der Waals surface area contributed by atoms with Gasteiger partial charge in [0.05, 0.1) is 16.8 Å². The van der Waals surface area contributed by atoms with Crippen molar-refractivity contribution in [2.75, 3.05) is 11.9 Å². The zero-order valence-corrected chi connectivity index (χ0v) is 11.5. The third-order valence-corrected chi connectivity index (χ3v) is 3.22. The molecule has 94 valence electrons. The summed E-state index contributed by atoms with van der Waals surface area (Å²) in [7, 11) is 6.93. The van der Waals surface area contributed by atoms with E-state index in [-0.39, 0.29) is 16.5 Å². The summed E-state index contributed by atoms with van der Waals surface area (Å²) in [6, 6.07) is 5.44. The van der Waals surface area contributed by atoms with Crippen molar-refractivity contribution in [1.29, 1.82) is 0 Å². The maximum absolute atomic E-state index is 13.7. The first-order chi connectivity index (χ1) is 8.57. The van der Waals surface area contributed by atoms with Gasteiger partial charge in [0, 0.05) is 7.05 Å².